The number of pyridine rings is 1. The maximum absolute atomic E-state index is 12.7. The monoisotopic (exact) mass is 375 g/mol. The van der Waals surface area contributed by atoms with E-state index in [2.05, 4.69) is 18.8 Å². The first kappa shape index (κ1) is 19.6. The third-order valence-electron chi connectivity index (χ3n) is 5.76. The van der Waals surface area contributed by atoms with Gasteiger partial charge >= 0.3 is 0 Å². The van der Waals surface area contributed by atoms with Gasteiger partial charge in [0.05, 0.1) is 30.4 Å². The molecule has 2 aliphatic rings. The number of carbonyl (C=O) groups is 2. The van der Waals surface area contributed by atoms with Crippen molar-refractivity contribution in [1.82, 2.24) is 14.8 Å². The maximum atomic E-state index is 12.7. The summed E-state index contributed by atoms with van der Waals surface area (Å²) in [4.78, 5) is 32.9. The van der Waals surface area contributed by atoms with E-state index in [4.69, 9.17) is 4.74 Å². The molecule has 3 heterocycles. The van der Waals surface area contributed by atoms with Gasteiger partial charge in [0.1, 0.15) is 5.75 Å². The summed E-state index contributed by atoms with van der Waals surface area (Å²) in [5, 5.41) is 9.53. The number of nitrogens with zero attached hydrogens (tertiary/aromatic N) is 3. The van der Waals surface area contributed by atoms with Crippen LogP contribution in [0, 0.1) is 5.92 Å². The summed E-state index contributed by atoms with van der Waals surface area (Å²) in [7, 11) is 0. The predicted molar refractivity (Wildman–Crippen MR) is 100 cm³/mol. The molecule has 7 heteroatoms. The van der Waals surface area contributed by atoms with Gasteiger partial charge in [-0.3, -0.25) is 14.6 Å². The molecule has 2 fully saturated rings. The fraction of sp³-hybridized carbons (Fsp3) is 0.650. The Bertz CT molecular complexity index is 686. The van der Waals surface area contributed by atoms with E-state index in [9.17, 15) is 14.7 Å². The van der Waals surface area contributed by atoms with Crippen LogP contribution in [0.4, 0.5) is 0 Å². The van der Waals surface area contributed by atoms with Crippen LogP contribution in [0.15, 0.2) is 18.5 Å². The number of aromatic hydroxyl groups is 1. The highest BCUT2D eigenvalue weighted by molar-refractivity contribution is 5.94. The molecule has 0 radical (unpaired) electrons. The van der Waals surface area contributed by atoms with Gasteiger partial charge in [0.25, 0.3) is 5.91 Å². The zero-order valence-electron chi connectivity index (χ0n) is 16.2. The van der Waals surface area contributed by atoms with Crippen molar-refractivity contribution >= 4 is 11.8 Å². The van der Waals surface area contributed by atoms with Gasteiger partial charge in [-0.05, 0) is 24.8 Å². The van der Waals surface area contributed by atoms with Crippen molar-refractivity contribution in [2.75, 3.05) is 32.8 Å². The summed E-state index contributed by atoms with van der Waals surface area (Å²) in [5.41, 5.74) is -0.0849. The molecule has 0 bridgehead atoms. The van der Waals surface area contributed by atoms with E-state index in [0.717, 1.165) is 13.0 Å². The quantitative estimate of drug-likeness (QED) is 0.871. The summed E-state index contributed by atoms with van der Waals surface area (Å²) < 4.78 is 6.15. The van der Waals surface area contributed by atoms with Crippen molar-refractivity contribution < 1.29 is 19.4 Å². The lowest BCUT2D eigenvalue weighted by Gasteiger charge is -2.40. The van der Waals surface area contributed by atoms with E-state index in [-0.39, 0.29) is 17.6 Å². The highest BCUT2D eigenvalue weighted by Gasteiger charge is 2.41. The molecule has 148 valence electrons. The van der Waals surface area contributed by atoms with Gasteiger partial charge in [-0.25, -0.2) is 0 Å². The number of carbonyl (C=O) groups excluding carboxylic acids is 2. The molecule has 2 aliphatic heterocycles. The van der Waals surface area contributed by atoms with Gasteiger partial charge in [0, 0.05) is 32.4 Å². The molecular formula is C20H29N3O4. The standard InChI is InChI=1S/C20H29N3O4/c1-3-15(2)14-23-8-9-27-20(11-18(23)25)4-6-22(7-5-20)19(26)16-10-17(24)13-21-12-16/h10,12-13,15,24H,3-9,11,14H2,1-2H3. The number of aromatic nitrogens is 1. The molecule has 0 aromatic carbocycles. The van der Waals surface area contributed by atoms with E-state index in [1.165, 1.54) is 18.5 Å². The summed E-state index contributed by atoms with van der Waals surface area (Å²) >= 11 is 0. The number of amides is 2. The molecule has 7 nitrogen and oxygen atoms in total. The highest BCUT2D eigenvalue weighted by atomic mass is 16.5. The van der Waals surface area contributed by atoms with Gasteiger partial charge in [-0.2, -0.15) is 0 Å². The van der Waals surface area contributed by atoms with E-state index in [0.29, 0.717) is 57.0 Å². The second kappa shape index (κ2) is 8.25. The second-order valence-corrected chi connectivity index (χ2v) is 7.79. The van der Waals surface area contributed by atoms with Crippen molar-refractivity contribution in [2.45, 2.75) is 45.1 Å². The van der Waals surface area contributed by atoms with Gasteiger partial charge in [0.2, 0.25) is 5.91 Å². The number of rotatable bonds is 4. The molecule has 0 aliphatic carbocycles. The summed E-state index contributed by atoms with van der Waals surface area (Å²) in [6, 6.07) is 1.43. The zero-order chi connectivity index (χ0) is 19.4. The average molecular weight is 375 g/mol. The van der Waals surface area contributed by atoms with Crippen LogP contribution in [0.2, 0.25) is 0 Å². The molecule has 0 saturated carbocycles. The number of ether oxygens (including phenoxy) is 1. The Morgan fingerprint density at radius 3 is 2.74 bits per heavy atom. The third-order valence-corrected chi connectivity index (χ3v) is 5.76. The average Bonchev–Trinajstić information content (AvgIpc) is 2.80. The molecule has 1 aromatic rings. The Kier molecular flexibility index (Phi) is 5.99. The molecule has 2 amide bonds. The van der Waals surface area contributed by atoms with Crippen molar-refractivity contribution in [3.63, 3.8) is 0 Å². The molecule has 1 N–H and O–H groups in total. The molecule has 1 aromatic heterocycles. The van der Waals surface area contributed by atoms with Gasteiger partial charge < -0.3 is 19.6 Å². The van der Waals surface area contributed by atoms with Crippen LogP contribution in [-0.4, -0.2) is 70.1 Å². The third kappa shape index (κ3) is 4.58. The minimum Gasteiger partial charge on any atom is -0.506 e. The Hall–Kier alpha value is -2.15. The normalized spacial score (nSPS) is 21.2. The number of hydrogen-bond donors (Lipinski definition) is 1. The van der Waals surface area contributed by atoms with Crippen LogP contribution >= 0.6 is 0 Å². The van der Waals surface area contributed by atoms with Crippen LogP contribution in [0.5, 0.6) is 5.75 Å². The number of piperidine rings is 1. The molecule has 1 unspecified atom stereocenters. The molecule has 2 saturated heterocycles. The molecule has 1 spiro atoms. The van der Waals surface area contributed by atoms with E-state index in [1.54, 1.807) is 4.90 Å². The molecule has 27 heavy (non-hydrogen) atoms. The first-order chi connectivity index (χ1) is 12.9. The first-order valence-corrected chi connectivity index (χ1v) is 9.77. The summed E-state index contributed by atoms with van der Waals surface area (Å²) in [5.74, 6) is 0.475. The zero-order valence-corrected chi connectivity index (χ0v) is 16.2. The van der Waals surface area contributed by atoms with E-state index >= 15 is 0 Å². The fourth-order valence-corrected chi connectivity index (χ4v) is 3.80. The maximum Gasteiger partial charge on any atom is 0.255 e. The van der Waals surface area contributed by atoms with Crippen LogP contribution in [0.3, 0.4) is 0 Å². The first-order valence-electron chi connectivity index (χ1n) is 9.77. The molecular weight excluding hydrogens is 346 g/mol. The van der Waals surface area contributed by atoms with Gasteiger partial charge in [-0.1, -0.05) is 20.3 Å². The predicted octanol–water partition coefficient (Wildman–Crippen LogP) is 2.06. The number of likely N-dealkylation sites (tertiary alicyclic amines) is 1. The Balaban J connectivity index is 1.60. The summed E-state index contributed by atoms with van der Waals surface area (Å²) in [6.07, 6.45) is 5.50. The second-order valence-electron chi connectivity index (χ2n) is 7.79. The Labute approximate surface area is 160 Å². The summed E-state index contributed by atoms with van der Waals surface area (Å²) in [6.45, 7) is 7.34. The van der Waals surface area contributed by atoms with Crippen LogP contribution < -0.4 is 0 Å². The van der Waals surface area contributed by atoms with E-state index < -0.39 is 5.60 Å². The fourth-order valence-electron chi connectivity index (χ4n) is 3.80. The topological polar surface area (TPSA) is 83.0 Å². The van der Waals surface area contributed by atoms with Crippen molar-refractivity contribution in [3.8, 4) is 5.75 Å². The van der Waals surface area contributed by atoms with Crippen LogP contribution in [0.1, 0.15) is 49.9 Å². The largest absolute Gasteiger partial charge is 0.506 e. The molecule has 1 atom stereocenters. The Morgan fingerprint density at radius 1 is 1.33 bits per heavy atom. The number of hydrogen-bond acceptors (Lipinski definition) is 5. The Morgan fingerprint density at radius 2 is 2.07 bits per heavy atom. The lowest BCUT2D eigenvalue weighted by molar-refractivity contribution is -0.135. The minimum atomic E-state index is -0.463. The lowest BCUT2D eigenvalue weighted by Crippen LogP contribution is -2.49. The van der Waals surface area contributed by atoms with Gasteiger partial charge in [-0.15, -0.1) is 0 Å². The SMILES string of the molecule is CCC(C)CN1CCOC2(CCN(C(=O)c3cncc(O)c3)CC2)CC1=O. The minimum absolute atomic E-state index is 0.0200. The van der Waals surface area contributed by atoms with Crippen molar-refractivity contribution in [2.24, 2.45) is 5.92 Å². The smallest absolute Gasteiger partial charge is 0.255 e. The van der Waals surface area contributed by atoms with Crippen molar-refractivity contribution in [1.29, 1.82) is 0 Å². The van der Waals surface area contributed by atoms with Crippen LogP contribution in [0.25, 0.3) is 0 Å². The van der Waals surface area contributed by atoms with Gasteiger partial charge in [0.15, 0.2) is 0 Å². The van der Waals surface area contributed by atoms with Crippen molar-refractivity contribution in [3.05, 3.63) is 24.0 Å². The molecule has 3 rings (SSSR count). The van der Waals surface area contributed by atoms with Crippen LogP contribution in [-0.2, 0) is 9.53 Å². The van der Waals surface area contributed by atoms with E-state index in [1.807, 2.05) is 4.90 Å². The highest BCUT2D eigenvalue weighted by Crippen LogP contribution is 2.33. The lowest BCUT2D eigenvalue weighted by atomic mass is 9.87.